The van der Waals surface area contributed by atoms with Crippen LogP contribution in [-0.4, -0.2) is 32.3 Å². The monoisotopic (exact) mass is 237 g/mol. The smallest absolute Gasteiger partial charge is 0.409 e. The summed E-state index contributed by atoms with van der Waals surface area (Å²) in [6.07, 6.45) is -0.335. The number of methoxy groups -OCH3 is 2. The van der Waals surface area contributed by atoms with Crippen LogP contribution in [0.15, 0.2) is 12.1 Å². The highest BCUT2D eigenvalue weighted by molar-refractivity contribution is 5.67. The number of hydrogen-bond acceptors (Lipinski definition) is 3. The van der Waals surface area contributed by atoms with Gasteiger partial charge in [-0.15, -0.1) is 0 Å². The fourth-order valence-electron chi connectivity index (χ4n) is 1.72. The summed E-state index contributed by atoms with van der Waals surface area (Å²) in [5.74, 6) is 0.868. The molecule has 0 radical (unpaired) electrons. The lowest BCUT2D eigenvalue weighted by Crippen LogP contribution is -2.26. The van der Waals surface area contributed by atoms with Crippen molar-refractivity contribution in [1.29, 1.82) is 0 Å². The van der Waals surface area contributed by atoms with Gasteiger partial charge in [0.2, 0.25) is 0 Å². The van der Waals surface area contributed by atoms with E-state index in [2.05, 4.69) is 4.74 Å². The number of rotatable bonds is 3. The van der Waals surface area contributed by atoms with E-state index in [1.165, 1.54) is 12.0 Å². The number of amides is 1. The van der Waals surface area contributed by atoms with E-state index in [-0.39, 0.29) is 6.09 Å². The number of benzene rings is 1. The quantitative estimate of drug-likeness (QED) is 0.810. The molecule has 0 aliphatic carbocycles. The molecule has 4 nitrogen and oxygen atoms in total. The summed E-state index contributed by atoms with van der Waals surface area (Å²) < 4.78 is 9.91. The second-order valence-electron chi connectivity index (χ2n) is 4.07. The number of carbonyl (C=O) groups is 1. The summed E-state index contributed by atoms with van der Waals surface area (Å²) in [4.78, 5) is 12.9. The fourth-order valence-corrected chi connectivity index (χ4v) is 1.72. The maximum Gasteiger partial charge on any atom is 0.409 e. The molecule has 0 saturated heterocycles. The Bertz CT molecular complexity index is 415. The summed E-state index contributed by atoms with van der Waals surface area (Å²) in [5, 5.41) is 0. The van der Waals surface area contributed by atoms with Crippen LogP contribution in [0.1, 0.15) is 16.7 Å². The standard InChI is InChI=1S/C13H19NO3/c1-9-7-12(16-4)10(2)6-11(9)8-14(3)13(15)17-5/h6-7H,8H2,1-5H3. The zero-order valence-corrected chi connectivity index (χ0v) is 11.0. The van der Waals surface area contributed by atoms with Crippen molar-refractivity contribution in [1.82, 2.24) is 4.90 Å². The molecule has 0 aromatic heterocycles. The third-order valence-corrected chi connectivity index (χ3v) is 2.75. The SMILES string of the molecule is COC(=O)N(C)Cc1cc(C)c(OC)cc1C. The maximum atomic E-state index is 11.3. The minimum absolute atomic E-state index is 0.335. The number of ether oxygens (including phenoxy) is 2. The first-order valence-electron chi connectivity index (χ1n) is 5.42. The van der Waals surface area contributed by atoms with E-state index < -0.39 is 0 Å². The van der Waals surface area contributed by atoms with Crippen LogP contribution in [0.4, 0.5) is 4.79 Å². The Hall–Kier alpha value is -1.71. The largest absolute Gasteiger partial charge is 0.496 e. The van der Waals surface area contributed by atoms with Crippen LogP contribution in [0.3, 0.4) is 0 Å². The molecule has 0 saturated carbocycles. The molecule has 0 N–H and O–H groups in total. The van der Waals surface area contributed by atoms with Crippen LogP contribution in [0.5, 0.6) is 5.75 Å². The second kappa shape index (κ2) is 5.57. The molecule has 0 aliphatic rings. The van der Waals surface area contributed by atoms with Gasteiger partial charge >= 0.3 is 6.09 Å². The number of aryl methyl sites for hydroxylation is 2. The molecule has 0 aliphatic heterocycles. The molecule has 0 spiro atoms. The molecular weight excluding hydrogens is 218 g/mol. The average Bonchev–Trinajstić information content (AvgIpc) is 2.32. The van der Waals surface area contributed by atoms with Crippen LogP contribution in [0.25, 0.3) is 0 Å². The van der Waals surface area contributed by atoms with Crippen molar-refractivity contribution in [2.24, 2.45) is 0 Å². The highest BCUT2D eigenvalue weighted by atomic mass is 16.5. The van der Waals surface area contributed by atoms with Gasteiger partial charge in [0.15, 0.2) is 0 Å². The maximum absolute atomic E-state index is 11.3. The Labute approximate surface area is 102 Å². The van der Waals surface area contributed by atoms with E-state index in [1.807, 2.05) is 26.0 Å². The molecule has 1 amide bonds. The first-order valence-corrected chi connectivity index (χ1v) is 5.42. The van der Waals surface area contributed by atoms with Gasteiger partial charge in [-0.1, -0.05) is 6.07 Å². The summed E-state index contributed by atoms with van der Waals surface area (Å²) in [7, 11) is 4.75. The first kappa shape index (κ1) is 13.4. The van der Waals surface area contributed by atoms with Gasteiger partial charge in [-0.05, 0) is 36.6 Å². The van der Waals surface area contributed by atoms with E-state index in [4.69, 9.17) is 4.74 Å². The van der Waals surface area contributed by atoms with Crippen LogP contribution in [0.2, 0.25) is 0 Å². The van der Waals surface area contributed by atoms with E-state index in [1.54, 1.807) is 14.2 Å². The lowest BCUT2D eigenvalue weighted by atomic mass is 10.0. The normalized spacial score (nSPS) is 9.94. The second-order valence-corrected chi connectivity index (χ2v) is 4.07. The van der Waals surface area contributed by atoms with E-state index >= 15 is 0 Å². The van der Waals surface area contributed by atoms with Gasteiger partial charge in [-0.25, -0.2) is 4.79 Å². The van der Waals surface area contributed by atoms with Crippen LogP contribution < -0.4 is 4.74 Å². The minimum Gasteiger partial charge on any atom is -0.496 e. The van der Waals surface area contributed by atoms with E-state index in [0.29, 0.717) is 6.54 Å². The number of hydrogen-bond donors (Lipinski definition) is 0. The fraction of sp³-hybridized carbons (Fsp3) is 0.462. The van der Waals surface area contributed by atoms with Gasteiger partial charge < -0.3 is 14.4 Å². The molecule has 0 atom stereocenters. The van der Waals surface area contributed by atoms with Gasteiger partial charge in [0.05, 0.1) is 14.2 Å². The number of carbonyl (C=O) groups excluding carboxylic acids is 1. The van der Waals surface area contributed by atoms with Crippen molar-refractivity contribution < 1.29 is 14.3 Å². The van der Waals surface area contributed by atoms with Crippen molar-refractivity contribution >= 4 is 6.09 Å². The molecule has 1 aromatic rings. The molecule has 1 aromatic carbocycles. The Kier molecular flexibility index (Phi) is 4.37. The van der Waals surface area contributed by atoms with Crippen molar-refractivity contribution in [2.75, 3.05) is 21.3 Å². The third kappa shape index (κ3) is 3.12. The van der Waals surface area contributed by atoms with Gasteiger partial charge in [-0.3, -0.25) is 0 Å². The van der Waals surface area contributed by atoms with Crippen LogP contribution in [-0.2, 0) is 11.3 Å². The van der Waals surface area contributed by atoms with Gasteiger partial charge in [0, 0.05) is 13.6 Å². The van der Waals surface area contributed by atoms with Gasteiger partial charge in [0.1, 0.15) is 5.75 Å². The van der Waals surface area contributed by atoms with E-state index in [0.717, 1.165) is 22.4 Å². The Balaban J connectivity index is 2.92. The predicted molar refractivity (Wildman–Crippen MR) is 66.3 cm³/mol. The zero-order valence-electron chi connectivity index (χ0n) is 11.0. The van der Waals surface area contributed by atoms with Crippen molar-refractivity contribution in [3.05, 3.63) is 28.8 Å². The molecule has 0 fully saturated rings. The minimum atomic E-state index is -0.335. The molecule has 94 valence electrons. The Morgan fingerprint density at radius 1 is 1.24 bits per heavy atom. The molecular formula is C13H19NO3. The number of nitrogens with zero attached hydrogens (tertiary/aromatic N) is 1. The van der Waals surface area contributed by atoms with Gasteiger partial charge in [0.25, 0.3) is 0 Å². The van der Waals surface area contributed by atoms with Crippen LogP contribution >= 0.6 is 0 Å². The lowest BCUT2D eigenvalue weighted by molar-refractivity contribution is 0.131. The van der Waals surface area contributed by atoms with Crippen molar-refractivity contribution in [3.8, 4) is 5.75 Å². The van der Waals surface area contributed by atoms with E-state index in [9.17, 15) is 4.79 Å². The highest BCUT2D eigenvalue weighted by Gasteiger charge is 2.11. The zero-order chi connectivity index (χ0) is 13.0. The Morgan fingerprint density at radius 3 is 2.41 bits per heavy atom. The Morgan fingerprint density at radius 2 is 1.88 bits per heavy atom. The summed E-state index contributed by atoms with van der Waals surface area (Å²) in [6.45, 7) is 4.52. The summed E-state index contributed by atoms with van der Waals surface area (Å²) >= 11 is 0. The lowest BCUT2D eigenvalue weighted by Gasteiger charge is -2.18. The molecule has 1 rings (SSSR count). The predicted octanol–water partition coefficient (Wildman–Crippen LogP) is 2.51. The molecule has 0 heterocycles. The summed E-state index contributed by atoms with van der Waals surface area (Å²) in [6, 6.07) is 4.02. The highest BCUT2D eigenvalue weighted by Crippen LogP contribution is 2.23. The van der Waals surface area contributed by atoms with Crippen molar-refractivity contribution in [3.63, 3.8) is 0 Å². The van der Waals surface area contributed by atoms with Crippen molar-refractivity contribution in [2.45, 2.75) is 20.4 Å². The molecule has 0 bridgehead atoms. The van der Waals surface area contributed by atoms with Crippen LogP contribution in [0, 0.1) is 13.8 Å². The average molecular weight is 237 g/mol. The van der Waals surface area contributed by atoms with Gasteiger partial charge in [-0.2, -0.15) is 0 Å². The summed E-state index contributed by atoms with van der Waals surface area (Å²) in [5.41, 5.74) is 3.26. The molecule has 17 heavy (non-hydrogen) atoms. The third-order valence-electron chi connectivity index (χ3n) is 2.75. The molecule has 4 heteroatoms. The topological polar surface area (TPSA) is 38.8 Å². The first-order chi connectivity index (χ1) is 7.99. The molecule has 0 unspecified atom stereocenters.